The van der Waals surface area contributed by atoms with Gasteiger partial charge >= 0.3 is 0 Å². The average molecular weight is 515 g/mol. The smallest absolute Gasteiger partial charge is 0.251 e. The van der Waals surface area contributed by atoms with Gasteiger partial charge in [0.1, 0.15) is 11.9 Å². The quantitative estimate of drug-likeness (QED) is 0.455. The SMILES string of the molecule is CN1CCN(C(=O)C(CCN[C@@H]2C[C@H]2c2ccc(F)cc2)NC(=O)c2ccc(-c3ccccc3)cc2)CC1. The number of nitrogens with zero attached hydrogens (tertiary/aromatic N) is 2. The van der Waals surface area contributed by atoms with Gasteiger partial charge in [0, 0.05) is 43.7 Å². The fourth-order valence-corrected chi connectivity index (χ4v) is 5.10. The zero-order valence-corrected chi connectivity index (χ0v) is 21.8. The maximum absolute atomic E-state index is 13.4. The Morgan fingerprint density at radius 2 is 1.55 bits per heavy atom. The van der Waals surface area contributed by atoms with E-state index in [1.54, 1.807) is 0 Å². The molecule has 0 aromatic heterocycles. The molecule has 1 heterocycles. The Morgan fingerprint density at radius 3 is 2.24 bits per heavy atom. The predicted molar refractivity (Wildman–Crippen MR) is 147 cm³/mol. The van der Waals surface area contributed by atoms with Crippen molar-refractivity contribution in [1.29, 1.82) is 0 Å². The summed E-state index contributed by atoms with van der Waals surface area (Å²) in [6.45, 7) is 3.59. The summed E-state index contributed by atoms with van der Waals surface area (Å²) in [5, 5.41) is 6.55. The molecule has 2 aliphatic rings. The summed E-state index contributed by atoms with van der Waals surface area (Å²) < 4.78 is 13.2. The van der Waals surface area contributed by atoms with Crippen LogP contribution in [0.15, 0.2) is 78.9 Å². The summed E-state index contributed by atoms with van der Waals surface area (Å²) in [5.74, 6) is -0.137. The second kappa shape index (κ2) is 11.9. The minimum Gasteiger partial charge on any atom is -0.340 e. The highest BCUT2D eigenvalue weighted by Gasteiger charge is 2.38. The summed E-state index contributed by atoms with van der Waals surface area (Å²) >= 11 is 0. The molecule has 7 heteroatoms. The first-order valence-corrected chi connectivity index (χ1v) is 13.4. The van der Waals surface area contributed by atoms with Gasteiger partial charge in [-0.2, -0.15) is 0 Å². The van der Waals surface area contributed by atoms with Crippen LogP contribution in [0, 0.1) is 5.82 Å². The van der Waals surface area contributed by atoms with E-state index in [0.29, 0.717) is 43.6 Å². The van der Waals surface area contributed by atoms with E-state index in [-0.39, 0.29) is 17.6 Å². The van der Waals surface area contributed by atoms with Crippen LogP contribution < -0.4 is 10.6 Å². The average Bonchev–Trinajstić information content (AvgIpc) is 3.73. The molecule has 3 aromatic carbocycles. The van der Waals surface area contributed by atoms with Crippen molar-refractivity contribution in [2.24, 2.45) is 0 Å². The molecule has 0 spiro atoms. The molecule has 1 unspecified atom stereocenters. The van der Waals surface area contributed by atoms with E-state index in [1.807, 2.05) is 71.6 Å². The molecule has 1 saturated heterocycles. The lowest BCUT2D eigenvalue weighted by atomic mass is 10.0. The molecular weight excluding hydrogens is 479 g/mol. The number of halogens is 1. The number of carbonyl (C=O) groups is 2. The van der Waals surface area contributed by atoms with Crippen molar-refractivity contribution in [3.63, 3.8) is 0 Å². The van der Waals surface area contributed by atoms with Gasteiger partial charge in [0.25, 0.3) is 5.91 Å². The molecule has 6 nitrogen and oxygen atoms in total. The Morgan fingerprint density at radius 1 is 0.895 bits per heavy atom. The molecule has 38 heavy (non-hydrogen) atoms. The van der Waals surface area contributed by atoms with Crippen LogP contribution in [-0.2, 0) is 4.79 Å². The van der Waals surface area contributed by atoms with E-state index >= 15 is 0 Å². The summed E-state index contributed by atoms with van der Waals surface area (Å²) in [7, 11) is 2.05. The Balaban J connectivity index is 1.20. The zero-order valence-electron chi connectivity index (χ0n) is 21.8. The van der Waals surface area contributed by atoms with Crippen LogP contribution in [0.1, 0.15) is 34.7 Å². The van der Waals surface area contributed by atoms with E-state index < -0.39 is 6.04 Å². The fraction of sp³-hybridized carbons (Fsp3) is 0.355. The van der Waals surface area contributed by atoms with Gasteiger partial charge < -0.3 is 20.4 Å². The second-order valence-electron chi connectivity index (χ2n) is 10.3. The lowest BCUT2D eigenvalue weighted by Gasteiger charge is -2.34. The van der Waals surface area contributed by atoms with Crippen molar-refractivity contribution in [3.8, 4) is 11.1 Å². The van der Waals surface area contributed by atoms with Crippen molar-refractivity contribution in [1.82, 2.24) is 20.4 Å². The summed E-state index contributed by atoms with van der Waals surface area (Å²) in [4.78, 5) is 30.7. The number of nitrogens with one attached hydrogen (secondary N) is 2. The highest BCUT2D eigenvalue weighted by Crippen LogP contribution is 2.40. The van der Waals surface area contributed by atoms with Gasteiger partial charge in [-0.3, -0.25) is 9.59 Å². The van der Waals surface area contributed by atoms with E-state index in [2.05, 4.69) is 22.6 Å². The maximum Gasteiger partial charge on any atom is 0.251 e. The molecular formula is C31H35FN4O2. The molecule has 0 bridgehead atoms. The third kappa shape index (κ3) is 6.47. The topological polar surface area (TPSA) is 64.7 Å². The predicted octanol–water partition coefficient (Wildman–Crippen LogP) is 3.90. The molecule has 2 amide bonds. The molecule has 0 radical (unpaired) electrons. The van der Waals surface area contributed by atoms with Gasteiger partial charge in [-0.15, -0.1) is 0 Å². The molecule has 2 fully saturated rings. The summed E-state index contributed by atoms with van der Waals surface area (Å²) in [6, 6.07) is 23.9. The summed E-state index contributed by atoms with van der Waals surface area (Å²) in [5.41, 5.74) is 3.79. The Labute approximate surface area is 223 Å². The normalized spacial score (nSPS) is 20.1. The molecule has 1 aliphatic heterocycles. The van der Waals surface area contributed by atoms with E-state index in [1.165, 1.54) is 12.1 Å². The number of piperazine rings is 1. The van der Waals surface area contributed by atoms with Gasteiger partial charge in [0.15, 0.2) is 0 Å². The minimum absolute atomic E-state index is 0.0277. The first-order valence-electron chi connectivity index (χ1n) is 13.4. The third-order valence-corrected chi connectivity index (χ3v) is 7.60. The van der Waals surface area contributed by atoms with Crippen LogP contribution in [0.3, 0.4) is 0 Å². The van der Waals surface area contributed by atoms with Crippen LogP contribution in [-0.4, -0.2) is 73.5 Å². The van der Waals surface area contributed by atoms with Crippen molar-refractivity contribution in [2.75, 3.05) is 39.8 Å². The van der Waals surface area contributed by atoms with Gasteiger partial charge in [-0.1, -0.05) is 54.6 Å². The van der Waals surface area contributed by atoms with Crippen LogP contribution in [0.5, 0.6) is 0 Å². The highest BCUT2D eigenvalue weighted by atomic mass is 19.1. The first-order chi connectivity index (χ1) is 18.5. The standard InChI is InChI=1S/C31H35FN4O2/c1-35-17-19-36(20-18-35)31(38)28(15-16-33-29-21-27(29)24-11-13-26(32)14-12-24)34-30(37)25-9-7-23(8-10-25)22-5-3-2-4-6-22/h2-14,27-29,33H,15-21H2,1H3,(H,34,37)/t27-,28?,29+/m0/s1. The number of amides is 2. The first kappa shape index (κ1) is 26.1. The van der Waals surface area contributed by atoms with Crippen LogP contribution in [0.25, 0.3) is 11.1 Å². The molecule has 1 saturated carbocycles. The molecule has 2 N–H and O–H groups in total. The number of benzene rings is 3. The van der Waals surface area contributed by atoms with Crippen LogP contribution in [0.2, 0.25) is 0 Å². The molecule has 198 valence electrons. The monoisotopic (exact) mass is 514 g/mol. The van der Waals surface area contributed by atoms with E-state index in [9.17, 15) is 14.0 Å². The minimum atomic E-state index is -0.602. The second-order valence-corrected chi connectivity index (χ2v) is 10.3. The van der Waals surface area contributed by atoms with Gasteiger partial charge in [0.2, 0.25) is 5.91 Å². The van der Waals surface area contributed by atoms with Crippen molar-refractivity contribution < 1.29 is 14.0 Å². The van der Waals surface area contributed by atoms with Gasteiger partial charge in [-0.25, -0.2) is 4.39 Å². The van der Waals surface area contributed by atoms with Crippen molar-refractivity contribution >= 4 is 11.8 Å². The number of likely N-dealkylation sites (N-methyl/N-ethyl adjacent to an activating group) is 1. The largest absolute Gasteiger partial charge is 0.340 e. The molecule has 1 aliphatic carbocycles. The third-order valence-electron chi connectivity index (χ3n) is 7.60. The lowest BCUT2D eigenvalue weighted by molar-refractivity contribution is -0.135. The lowest BCUT2D eigenvalue weighted by Crippen LogP contribution is -2.54. The van der Waals surface area contributed by atoms with Crippen molar-refractivity contribution in [3.05, 3.63) is 95.8 Å². The van der Waals surface area contributed by atoms with Crippen molar-refractivity contribution in [2.45, 2.75) is 30.8 Å². The Hall–Kier alpha value is -3.55. The summed E-state index contributed by atoms with van der Waals surface area (Å²) in [6.07, 6.45) is 1.49. The molecule has 3 atom stereocenters. The molecule has 5 rings (SSSR count). The van der Waals surface area contributed by atoms with Crippen LogP contribution in [0.4, 0.5) is 4.39 Å². The number of carbonyl (C=O) groups excluding carboxylic acids is 2. The highest BCUT2D eigenvalue weighted by molar-refractivity contribution is 5.98. The number of rotatable bonds is 9. The van der Waals surface area contributed by atoms with E-state index in [0.717, 1.165) is 36.2 Å². The van der Waals surface area contributed by atoms with Gasteiger partial charge in [0.05, 0.1) is 0 Å². The number of hydrogen-bond donors (Lipinski definition) is 2. The fourth-order valence-electron chi connectivity index (χ4n) is 5.10. The molecule has 3 aromatic rings. The van der Waals surface area contributed by atoms with Gasteiger partial charge in [-0.05, 0) is 67.4 Å². The van der Waals surface area contributed by atoms with Crippen LogP contribution >= 0.6 is 0 Å². The Bertz CT molecular complexity index is 1220. The Kier molecular flexibility index (Phi) is 8.15. The van der Waals surface area contributed by atoms with E-state index in [4.69, 9.17) is 0 Å². The number of hydrogen-bond acceptors (Lipinski definition) is 4. The zero-order chi connectivity index (χ0) is 26.5. The maximum atomic E-state index is 13.4.